The minimum atomic E-state index is -3.16. The first-order valence-electron chi connectivity index (χ1n) is 5.26. The Balaban J connectivity index is 2.25. The van der Waals surface area contributed by atoms with Crippen molar-refractivity contribution in [3.05, 3.63) is 53.2 Å². The molecule has 0 fully saturated rings. The van der Waals surface area contributed by atoms with Gasteiger partial charge in [0.05, 0.1) is 10.6 Å². The molecular weight excluding hydrogens is 272 g/mol. The van der Waals surface area contributed by atoms with Crippen molar-refractivity contribution in [2.24, 2.45) is 0 Å². The lowest BCUT2D eigenvalue weighted by molar-refractivity contribution is 0.0985. The number of benzene rings is 1. The molecule has 3 rings (SSSR count). The van der Waals surface area contributed by atoms with E-state index in [9.17, 15) is 9.00 Å². The third-order valence-electron chi connectivity index (χ3n) is 2.75. The Labute approximate surface area is 110 Å². The number of hydrogen-bond acceptors (Lipinski definition) is 3. The Bertz CT molecular complexity index is 688. The zero-order valence-electron chi connectivity index (χ0n) is 9.13. The van der Waals surface area contributed by atoms with E-state index >= 15 is 0 Å². The Morgan fingerprint density at radius 3 is 2.67 bits per heavy atom. The lowest BCUT2D eigenvalue weighted by Gasteiger charge is -2.18. The molecule has 2 heterocycles. The summed E-state index contributed by atoms with van der Waals surface area (Å²) in [5.41, 5.74) is 0.287. The van der Waals surface area contributed by atoms with Crippen LogP contribution in [0.4, 0.5) is 0 Å². The molecule has 2 aromatic rings. The van der Waals surface area contributed by atoms with Gasteiger partial charge in [-0.3, -0.25) is 13.7 Å². The molecule has 18 heavy (non-hydrogen) atoms. The lowest BCUT2D eigenvalue weighted by atomic mass is 10.3. The molecule has 92 valence electrons. The second-order valence-corrected chi connectivity index (χ2v) is 6.73. The van der Waals surface area contributed by atoms with Gasteiger partial charge >= 0.3 is 0 Å². The highest BCUT2D eigenvalue weighted by Crippen LogP contribution is 2.33. The van der Waals surface area contributed by atoms with Crippen molar-refractivity contribution in [2.45, 2.75) is 9.92 Å². The largest absolute Gasteiger partial charge is 0.285 e. The van der Waals surface area contributed by atoms with Crippen molar-refractivity contribution in [1.29, 1.82) is 0 Å². The summed E-state index contributed by atoms with van der Waals surface area (Å²) in [6, 6.07) is 10.3. The normalized spacial score (nSPS) is 17.9. The summed E-state index contributed by atoms with van der Waals surface area (Å²) in [6.07, 6.45) is 1.40. The predicted octanol–water partition coefficient (Wildman–Crippen LogP) is 1.83. The van der Waals surface area contributed by atoms with Gasteiger partial charge in [0.15, 0.2) is 0 Å². The van der Waals surface area contributed by atoms with Crippen LogP contribution in [0.5, 0.6) is 0 Å². The van der Waals surface area contributed by atoms with E-state index in [4.69, 9.17) is 11.6 Å². The molecule has 4 nitrogen and oxygen atoms in total. The highest BCUT2D eigenvalue weighted by atomic mass is 35.5. The van der Waals surface area contributed by atoms with Crippen LogP contribution in [0.2, 0.25) is 5.02 Å². The molecule has 0 unspecified atom stereocenters. The molecule has 0 aliphatic carbocycles. The molecule has 1 amide bonds. The lowest BCUT2D eigenvalue weighted by Crippen LogP contribution is -2.29. The second-order valence-electron chi connectivity index (χ2n) is 3.91. The first-order chi connectivity index (χ1) is 8.61. The van der Waals surface area contributed by atoms with Crippen LogP contribution < -0.4 is 4.72 Å². The number of halogens is 1. The summed E-state index contributed by atoms with van der Waals surface area (Å²) in [6.45, 7) is 0. The molecule has 0 bridgehead atoms. The van der Waals surface area contributed by atoms with Crippen molar-refractivity contribution in [3.63, 3.8) is 0 Å². The van der Waals surface area contributed by atoms with Gasteiger partial charge in [-0.25, -0.2) is 4.98 Å². The van der Waals surface area contributed by atoms with Gasteiger partial charge in [0.25, 0.3) is 5.91 Å². The Morgan fingerprint density at radius 2 is 1.94 bits per heavy atom. The predicted molar refractivity (Wildman–Crippen MR) is 69.2 cm³/mol. The standard InChI is InChI=1S/C12H9ClN2O2S/c13-8-6-10-11(16)15-18(17,12(10)14-7-8)9-4-2-1-3-5-9/h1-7,18H,(H,15,16,17). The van der Waals surface area contributed by atoms with Gasteiger partial charge in [-0.15, -0.1) is 0 Å². The molecule has 1 N–H and O–H groups in total. The van der Waals surface area contributed by atoms with Crippen molar-refractivity contribution in [3.8, 4) is 0 Å². The van der Waals surface area contributed by atoms with E-state index in [1.165, 1.54) is 12.3 Å². The molecular formula is C12H9ClN2O2S. The number of amides is 1. The topological polar surface area (TPSA) is 59.1 Å². The minimum absolute atomic E-state index is 0.281. The number of aromatic nitrogens is 1. The molecule has 1 aliphatic rings. The van der Waals surface area contributed by atoms with Crippen LogP contribution in [0.3, 0.4) is 0 Å². The Kier molecular flexibility index (Phi) is 2.46. The average Bonchev–Trinajstić information content (AvgIpc) is 2.63. The third-order valence-corrected chi connectivity index (χ3v) is 5.46. The highest BCUT2D eigenvalue weighted by Gasteiger charge is 2.36. The first-order valence-corrected chi connectivity index (χ1v) is 7.34. The van der Waals surface area contributed by atoms with E-state index in [0.29, 0.717) is 9.92 Å². The molecule has 1 aromatic carbocycles. The number of nitrogens with zero attached hydrogens (tertiary/aromatic N) is 1. The van der Waals surface area contributed by atoms with Gasteiger partial charge in [-0.1, -0.05) is 29.8 Å². The van der Waals surface area contributed by atoms with Crippen molar-refractivity contribution in [1.82, 2.24) is 9.71 Å². The van der Waals surface area contributed by atoms with Gasteiger partial charge in [0, 0.05) is 21.2 Å². The maximum Gasteiger partial charge on any atom is 0.264 e. The van der Waals surface area contributed by atoms with E-state index in [-0.39, 0.29) is 10.6 Å². The van der Waals surface area contributed by atoms with Crippen molar-refractivity contribution >= 4 is 27.6 Å². The number of hydrogen-bond donors (Lipinski definition) is 2. The van der Waals surface area contributed by atoms with Gasteiger partial charge < -0.3 is 0 Å². The number of nitrogens with one attached hydrogen (secondary N) is 1. The van der Waals surface area contributed by atoms with Crippen molar-refractivity contribution < 1.29 is 9.00 Å². The molecule has 1 aromatic heterocycles. The molecule has 0 spiro atoms. The van der Waals surface area contributed by atoms with Crippen LogP contribution in [-0.2, 0) is 10.1 Å². The Hall–Kier alpha value is -1.72. The number of pyridine rings is 1. The van der Waals surface area contributed by atoms with E-state index in [1.807, 2.05) is 6.07 Å². The third kappa shape index (κ3) is 1.55. The summed E-state index contributed by atoms with van der Waals surface area (Å²) in [4.78, 5) is 16.4. The highest BCUT2D eigenvalue weighted by molar-refractivity contribution is 8.02. The monoisotopic (exact) mass is 280 g/mol. The molecule has 0 radical (unpaired) electrons. The quantitative estimate of drug-likeness (QED) is 0.784. The van der Waals surface area contributed by atoms with E-state index in [2.05, 4.69) is 9.71 Å². The smallest absolute Gasteiger partial charge is 0.264 e. The summed E-state index contributed by atoms with van der Waals surface area (Å²) >= 11 is 5.80. The van der Waals surface area contributed by atoms with Gasteiger partial charge in [0.2, 0.25) is 0 Å². The average molecular weight is 281 g/mol. The van der Waals surface area contributed by atoms with Crippen molar-refractivity contribution in [2.75, 3.05) is 0 Å². The number of rotatable bonds is 1. The number of carbonyl (C=O) groups excluding carboxylic acids is 1. The molecule has 0 saturated heterocycles. The fourth-order valence-corrected chi connectivity index (χ4v) is 4.29. The maximum absolute atomic E-state index is 12.9. The van der Waals surface area contributed by atoms with Crippen LogP contribution in [-0.4, -0.2) is 15.1 Å². The number of thiol groups is 1. The first kappa shape index (κ1) is 11.4. The summed E-state index contributed by atoms with van der Waals surface area (Å²) in [5.74, 6) is -0.396. The van der Waals surface area contributed by atoms with Crippen LogP contribution in [0.15, 0.2) is 52.5 Å². The van der Waals surface area contributed by atoms with Gasteiger partial charge in [-0.2, -0.15) is 0 Å². The SMILES string of the molecule is O=C1N[SH](=O)(c2ccccc2)c2ncc(Cl)cc21. The van der Waals surface area contributed by atoms with Crippen LogP contribution >= 0.6 is 11.6 Å². The van der Waals surface area contributed by atoms with Gasteiger partial charge in [0.1, 0.15) is 5.03 Å². The Morgan fingerprint density at radius 1 is 1.22 bits per heavy atom. The zero-order valence-corrected chi connectivity index (χ0v) is 10.8. The summed E-state index contributed by atoms with van der Waals surface area (Å²) < 4.78 is 15.5. The maximum atomic E-state index is 12.9. The summed E-state index contributed by atoms with van der Waals surface area (Å²) in [5, 5.41) is 0.633. The summed E-state index contributed by atoms with van der Waals surface area (Å²) in [7, 11) is -3.16. The number of fused-ring (bicyclic) bond motifs is 1. The van der Waals surface area contributed by atoms with Crippen LogP contribution in [0, 0.1) is 0 Å². The molecule has 1 aliphatic heterocycles. The van der Waals surface area contributed by atoms with Gasteiger partial charge in [-0.05, 0) is 18.2 Å². The van der Waals surface area contributed by atoms with E-state index in [0.717, 1.165) is 0 Å². The van der Waals surface area contributed by atoms with E-state index in [1.54, 1.807) is 24.3 Å². The fraction of sp³-hybridized carbons (Fsp3) is 0. The molecule has 6 heteroatoms. The zero-order chi connectivity index (χ0) is 12.8. The number of carbonyl (C=O) groups is 1. The van der Waals surface area contributed by atoms with Crippen LogP contribution in [0.1, 0.15) is 10.4 Å². The van der Waals surface area contributed by atoms with Crippen LogP contribution in [0.25, 0.3) is 0 Å². The van der Waals surface area contributed by atoms with E-state index < -0.39 is 16.0 Å². The molecule has 0 atom stereocenters. The fourth-order valence-electron chi connectivity index (χ4n) is 1.93. The second kappa shape index (κ2) is 3.90. The minimum Gasteiger partial charge on any atom is -0.285 e. The molecule has 0 saturated carbocycles.